The Labute approximate surface area is 218 Å². The van der Waals surface area contributed by atoms with Crippen molar-refractivity contribution in [3.63, 3.8) is 0 Å². The number of ketones is 1. The number of hydrogen-bond donors (Lipinski definition) is 1. The summed E-state index contributed by atoms with van der Waals surface area (Å²) in [6.07, 6.45) is 3.74. The molecule has 37 heavy (non-hydrogen) atoms. The lowest BCUT2D eigenvalue weighted by Gasteiger charge is -2.28. The largest absolute Gasteiger partial charge is 0.505 e. The lowest BCUT2D eigenvalue weighted by atomic mass is 9.96. The van der Waals surface area contributed by atoms with Gasteiger partial charge in [0.2, 0.25) is 0 Å². The van der Waals surface area contributed by atoms with Crippen LogP contribution in [0.1, 0.15) is 56.6 Å². The zero-order chi connectivity index (χ0) is 26.5. The van der Waals surface area contributed by atoms with Crippen molar-refractivity contribution in [2.24, 2.45) is 0 Å². The molecule has 1 aliphatic heterocycles. The number of carbonyl (C=O) groups is 2. The summed E-state index contributed by atoms with van der Waals surface area (Å²) in [4.78, 5) is 35.2. The van der Waals surface area contributed by atoms with Crippen LogP contribution in [0.15, 0.2) is 54.2 Å². The van der Waals surface area contributed by atoms with Crippen LogP contribution < -0.4 is 4.74 Å². The minimum atomic E-state index is -0.737. The molecule has 1 unspecified atom stereocenters. The molecular formula is C29H36N4O4. The van der Waals surface area contributed by atoms with E-state index in [9.17, 15) is 14.7 Å². The number of imidazole rings is 1. The van der Waals surface area contributed by atoms with E-state index in [-0.39, 0.29) is 11.3 Å². The summed E-state index contributed by atoms with van der Waals surface area (Å²) in [6, 6.07) is 12.3. The molecule has 3 aromatic rings. The fraction of sp³-hybridized carbons (Fsp3) is 0.414. The highest BCUT2D eigenvalue weighted by molar-refractivity contribution is 6.46. The Morgan fingerprint density at radius 3 is 2.62 bits per heavy atom. The number of rotatable bonds is 11. The predicted octanol–water partition coefficient (Wildman–Crippen LogP) is 4.59. The summed E-state index contributed by atoms with van der Waals surface area (Å²) in [6.45, 7) is 11.3. The Morgan fingerprint density at radius 1 is 1.11 bits per heavy atom. The Hall–Kier alpha value is -3.65. The minimum absolute atomic E-state index is 0.0732. The summed E-state index contributed by atoms with van der Waals surface area (Å²) in [5, 5.41) is 11.6. The summed E-state index contributed by atoms with van der Waals surface area (Å²) >= 11 is 0. The zero-order valence-electron chi connectivity index (χ0n) is 22.1. The Balaban J connectivity index is 1.84. The Morgan fingerprint density at radius 2 is 1.89 bits per heavy atom. The summed E-state index contributed by atoms with van der Waals surface area (Å²) in [5.41, 5.74) is 2.44. The van der Waals surface area contributed by atoms with E-state index in [1.54, 1.807) is 22.4 Å². The molecular weight excluding hydrogens is 468 g/mol. The molecule has 1 fully saturated rings. The van der Waals surface area contributed by atoms with E-state index in [4.69, 9.17) is 4.74 Å². The third-order valence-electron chi connectivity index (χ3n) is 6.96. The smallest absolute Gasteiger partial charge is 0.295 e. The molecule has 1 saturated heterocycles. The molecule has 1 aromatic carbocycles. The molecule has 8 heteroatoms. The van der Waals surface area contributed by atoms with Crippen LogP contribution in [0.2, 0.25) is 0 Å². The van der Waals surface area contributed by atoms with Crippen LogP contribution in [0.4, 0.5) is 0 Å². The number of carbonyl (C=O) groups excluding carboxylic acids is 2. The summed E-state index contributed by atoms with van der Waals surface area (Å²) in [5.74, 6) is -0.847. The quantitative estimate of drug-likeness (QED) is 0.178. The lowest BCUT2D eigenvalue weighted by molar-refractivity contribution is -0.140. The second-order valence-corrected chi connectivity index (χ2v) is 9.27. The SMILES string of the molecule is CCCCOc1cccc(C2/C(=C(\O)c3c(C)nc4ccccn34)C(=O)C(=O)N2CCN(CC)CC)c1. The van der Waals surface area contributed by atoms with Crippen LogP contribution in [0, 0.1) is 6.92 Å². The molecule has 1 N–H and O–H groups in total. The van der Waals surface area contributed by atoms with Crippen molar-refractivity contribution in [3.05, 3.63) is 71.2 Å². The normalized spacial score (nSPS) is 17.3. The predicted molar refractivity (Wildman–Crippen MR) is 144 cm³/mol. The van der Waals surface area contributed by atoms with Gasteiger partial charge in [-0.05, 0) is 56.3 Å². The number of nitrogens with zero attached hydrogens (tertiary/aromatic N) is 4. The number of benzene rings is 1. The van der Waals surface area contributed by atoms with Gasteiger partial charge in [0.1, 0.15) is 17.1 Å². The van der Waals surface area contributed by atoms with Crippen molar-refractivity contribution < 1.29 is 19.4 Å². The second kappa shape index (κ2) is 11.6. The van der Waals surface area contributed by atoms with Gasteiger partial charge in [-0.15, -0.1) is 0 Å². The average Bonchev–Trinajstić information content (AvgIpc) is 3.37. The van der Waals surface area contributed by atoms with Crippen molar-refractivity contribution in [3.8, 4) is 5.75 Å². The van der Waals surface area contributed by atoms with Gasteiger partial charge < -0.3 is 19.6 Å². The van der Waals surface area contributed by atoms with E-state index >= 15 is 0 Å². The van der Waals surface area contributed by atoms with Crippen LogP contribution in [-0.4, -0.2) is 68.8 Å². The number of unbranched alkanes of at least 4 members (excludes halogenated alkanes) is 1. The number of amides is 1. The maximum absolute atomic E-state index is 13.5. The number of aliphatic hydroxyl groups excluding tert-OH is 1. The van der Waals surface area contributed by atoms with Crippen molar-refractivity contribution in [2.75, 3.05) is 32.8 Å². The van der Waals surface area contributed by atoms with E-state index in [0.717, 1.165) is 31.5 Å². The number of likely N-dealkylation sites (N-methyl/N-ethyl adjacent to an activating group) is 1. The number of pyridine rings is 1. The van der Waals surface area contributed by atoms with Crippen LogP contribution in [0.25, 0.3) is 11.4 Å². The highest BCUT2D eigenvalue weighted by Gasteiger charge is 2.46. The molecule has 4 rings (SSSR count). The van der Waals surface area contributed by atoms with Gasteiger partial charge >= 0.3 is 0 Å². The fourth-order valence-electron chi connectivity index (χ4n) is 4.88. The monoisotopic (exact) mass is 504 g/mol. The Kier molecular flexibility index (Phi) is 8.28. The van der Waals surface area contributed by atoms with Gasteiger partial charge in [0.05, 0.1) is 23.9 Å². The van der Waals surface area contributed by atoms with Crippen LogP contribution >= 0.6 is 0 Å². The number of aryl methyl sites for hydroxylation is 1. The highest BCUT2D eigenvalue weighted by Crippen LogP contribution is 2.40. The van der Waals surface area contributed by atoms with E-state index < -0.39 is 17.7 Å². The van der Waals surface area contributed by atoms with Gasteiger partial charge in [-0.3, -0.25) is 14.0 Å². The van der Waals surface area contributed by atoms with Crippen molar-refractivity contribution in [1.29, 1.82) is 0 Å². The van der Waals surface area contributed by atoms with Gasteiger partial charge in [0.15, 0.2) is 5.76 Å². The lowest BCUT2D eigenvalue weighted by Crippen LogP contribution is -2.38. The third kappa shape index (κ3) is 5.25. The van der Waals surface area contributed by atoms with E-state index in [1.165, 1.54) is 0 Å². The number of Topliss-reactive ketones (excluding diaryl/α,β-unsaturated/α-hetero) is 1. The van der Waals surface area contributed by atoms with Crippen LogP contribution in [0.5, 0.6) is 5.75 Å². The maximum Gasteiger partial charge on any atom is 0.295 e. The molecule has 1 amide bonds. The number of hydrogen-bond acceptors (Lipinski definition) is 6. The fourth-order valence-corrected chi connectivity index (χ4v) is 4.88. The zero-order valence-corrected chi connectivity index (χ0v) is 22.1. The number of fused-ring (bicyclic) bond motifs is 1. The molecule has 0 radical (unpaired) electrons. The first-order valence-electron chi connectivity index (χ1n) is 13.1. The molecule has 2 aromatic heterocycles. The number of ether oxygens (including phenoxy) is 1. The van der Waals surface area contributed by atoms with Gasteiger partial charge in [0.25, 0.3) is 11.7 Å². The first-order chi connectivity index (χ1) is 17.9. The molecule has 196 valence electrons. The number of likely N-dealkylation sites (tertiary alicyclic amines) is 1. The first-order valence-corrected chi connectivity index (χ1v) is 13.1. The van der Waals surface area contributed by atoms with Crippen molar-refractivity contribution >= 4 is 23.1 Å². The average molecular weight is 505 g/mol. The third-order valence-corrected chi connectivity index (χ3v) is 6.96. The Bertz CT molecular complexity index is 1310. The molecule has 1 aliphatic rings. The van der Waals surface area contributed by atoms with Crippen LogP contribution in [0.3, 0.4) is 0 Å². The molecule has 0 saturated carbocycles. The summed E-state index contributed by atoms with van der Waals surface area (Å²) in [7, 11) is 0. The van der Waals surface area contributed by atoms with Crippen molar-refractivity contribution in [1.82, 2.24) is 19.2 Å². The van der Waals surface area contributed by atoms with E-state index in [1.807, 2.05) is 42.5 Å². The summed E-state index contributed by atoms with van der Waals surface area (Å²) < 4.78 is 7.67. The van der Waals surface area contributed by atoms with Gasteiger partial charge in [-0.2, -0.15) is 0 Å². The molecule has 1 atom stereocenters. The highest BCUT2D eigenvalue weighted by atomic mass is 16.5. The van der Waals surface area contributed by atoms with E-state index in [2.05, 4.69) is 30.7 Å². The molecule has 3 heterocycles. The molecule has 8 nitrogen and oxygen atoms in total. The van der Waals surface area contributed by atoms with Crippen molar-refractivity contribution in [2.45, 2.75) is 46.6 Å². The standard InChI is InChI=1S/C29H36N4O4/c1-5-8-18-37-22-13-11-12-21(19-22)26-24(28(35)29(36)33(26)17-16-31(6-2)7-3)27(34)25-20(4)30-23-14-9-10-15-32(23)25/h9-15,19,26,34H,5-8,16-18H2,1-4H3/b27-24+. The van der Waals surface area contributed by atoms with Gasteiger partial charge in [-0.1, -0.05) is 45.4 Å². The van der Waals surface area contributed by atoms with E-state index in [0.29, 0.717) is 42.5 Å². The molecule has 0 aliphatic carbocycles. The minimum Gasteiger partial charge on any atom is -0.505 e. The molecule has 0 spiro atoms. The number of aromatic nitrogens is 2. The molecule has 0 bridgehead atoms. The number of aliphatic hydroxyl groups is 1. The first kappa shape index (κ1) is 26.4. The van der Waals surface area contributed by atoms with Gasteiger partial charge in [-0.25, -0.2) is 4.98 Å². The van der Waals surface area contributed by atoms with Crippen LogP contribution in [-0.2, 0) is 9.59 Å². The second-order valence-electron chi connectivity index (χ2n) is 9.27. The van der Waals surface area contributed by atoms with Gasteiger partial charge in [0, 0.05) is 19.3 Å². The maximum atomic E-state index is 13.5. The topological polar surface area (TPSA) is 87.4 Å².